The van der Waals surface area contributed by atoms with Crippen LogP contribution in [-0.4, -0.2) is 52.3 Å². The second-order valence-electron chi connectivity index (χ2n) is 6.80. The van der Waals surface area contributed by atoms with Gasteiger partial charge in [0.1, 0.15) is 5.54 Å². The first kappa shape index (κ1) is 16.4. The van der Waals surface area contributed by atoms with Gasteiger partial charge >= 0.3 is 6.03 Å². The van der Waals surface area contributed by atoms with Gasteiger partial charge in [-0.05, 0) is 38.0 Å². The van der Waals surface area contributed by atoms with Gasteiger partial charge in [-0.2, -0.15) is 0 Å². The summed E-state index contributed by atoms with van der Waals surface area (Å²) in [5, 5.41) is 2.88. The van der Waals surface area contributed by atoms with E-state index in [-0.39, 0.29) is 18.0 Å². The number of benzene rings is 1. The van der Waals surface area contributed by atoms with E-state index in [0.717, 1.165) is 12.1 Å². The van der Waals surface area contributed by atoms with Gasteiger partial charge in [-0.1, -0.05) is 12.1 Å². The Morgan fingerprint density at radius 1 is 1.29 bits per heavy atom. The molecular formula is C17H22N4O3. The Kier molecular flexibility index (Phi) is 4.04. The number of nitrogens with one attached hydrogen (secondary N) is 1. The molecule has 24 heavy (non-hydrogen) atoms. The topological polar surface area (TPSA) is 95.7 Å². The minimum absolute atomic E-state index is 0.130. The van der Waals surface area contributed by atoms with E-state index >= 15 is 0 Å². The number of primary amides is 1. The molecule has 1 aromatic carbocycles. The first-order chi connectivity index (χ1) is 11.3. The van der Waals surface area contributed by atoms with Gasteiger partial charge in [0.15, 0.2) is 0 Å². The standard InChI is InChI=1S/C17H22N4O3/c1-11(2)21-15(23)17(19-16(21)24)7-8-20(10-17)9-12-3-5-13(6-4-12)14(18)22/h3-6,11H,7-10H2,1-2H3,(H2,18,22)(H,19,24). The van der Waals surface area contributed by atoms with Crippen molar-refractivity contribution in [3.05, 3.63) is 35.4 Å². The van der Waals surface area contributed by atoms with Crippen LogP contribution < -0.4 is 11.1 Å². The van der Waals surface area contributed by atoms with E-state index in [9.17, 15) is 14.4 Å². The quantitative estimate of drug-likeness (QED) is 0.794. The highest BCUT2D eigenvalue weighted by Gasteiger charge is 2.55. The summed E-state index contributed by atoms with van der Waals surface area (Å²) in [6.45, 7) is 5.56. The lowest BCUT2D eigenvalue weighted by Gasteiger charge is -2.23. The van der Waals surface area contributed by atoms with Crippen LogP contribution in [0.15, 0.2) is 24.3 Å². The summed E-state index contributed by atoms with van der Waals surface area (Å²) in [5.74, 6) is -0.580. The Labute approximate surface area is 140 Å². The van der Waals surface area contributed by atoms with Gasteiger partial charge in [-0.25, -0.2) is 4.79 Å². The van der Waals surface area contributed by atoms with Crippen LogP contribution in [0.3, 0.4) is 0 Å². The molecule has 0 aromatic heterocycles. The third kappa shape index (κ3) is 2.75. The van der Waals surface area contributed by atoms with Crippen molar-refractivity contribution in [1.82, 2.24) is 15.1 Å². The molecule has 1 unspecified atom stereocenters. The molecule has 7 nitrogen and oxygen atoms in total. The van der Waals surface area contributed by atoms with Crippen LogP contribution in [0.2, 0.25) is 0 Å². The minimum Gasteiger partial charge on any atom is -0.366 e. The van der Waals surface area contributed by atoms with Gasteiger partial charge in [0, 0.05) is 31.2 Å². The molecule has 1 spiro atoms. The van der Waals surface area contributed by atoms with Crippen molar-refractivity contribution in [3.63, 3.8) is 0 Å². The molecule has 2 aliphatic rings. The first-order valence-electron chi connectivity index (χ1n) is 8.09. The molecule has 7 heteroatoms. The van der Waals surface area contributed by atoms with Crippen molar-refractivity contribution < 1.29 is 14.4 Å². The lowest BCUT2D eigenvalue weighted by atomic mass is 9.98. The average molecular weight is 330 g/mol. The number of rotatable bonds is 4. The highest BCUT2D eigenvalue weighted by Crippen LogP contribution is 2.30. The molecular weight excluding hydrogens is 308 g/mol. The fourth-order valence-corrected chi connectivity index (χ4v) is 3.44. The second-order valence-corrected chi connectivity index (χ2v) is 6.80. The number of imide groups is 1. The number of hydrogen-bond donors (Lipinski definition) is 2. The predicted molar refractivity (Wildman–Crippen MR) is 88.1 cm³/mol. The fraction of sp³-hybridized carbons (Fsp3) is 0.471. The molecule has 3 rings (SSSR count). The highest BCUT2D eigenvalue weighted by molar-refractivity contribution is 6.07. The number of urea groups is 1. The summed E-state index contributed by atoms with van der Waals surface area (Å²) < 4.78 is 0. The largest absolute Gasteiger partial charge is 0.366 e. The molecule has 4 amide bonds. The molecule has 2 fully saturated rings. The summed E-state index contributed by atoms with van der Waals surface area (Å²) in [6, 6.07) is 6.68. The lowest BCUT2D eigenvalue weighted by molar-refractivity contribution is -0.132. The number of hydrogen-bond acceptors (Lipinski definition) is 4. The Bertz CT molecular complexity index is 686. The van der Waals surface area contributed by atoms with E-state index in [2.05, 4.69) is 10.2 Å². The van der Waals surface area contributed by atoms with Crippen molar-refractivity contribution in [3.8, 4) is 0 Å². The molecule has 1 aromatic rings. The summed E-state index contributed by atoms with van der Waals surface area (Å²) in [7, 11) is 0. The van der Waals surface area contributed by atoms with Crippen LogP contribution in [0.5, 0.6) is 0 Å². The number of amides is 4. The van der Waals surface area contributed by atoms with E-state index < -0.39 is 11.4 Å². The van der Waals surface area contributed by atoms with Crippen molar-refractivity contribution in [2.75, 3.05) is 13.1 Å². The van der Waals surface area contributed by atoms with E-state index in [0.29, 0.717) is 25.1 Å². The predicted octanol–water partition coefficient (Wildman–Crippen LogP) is 0.690. The number of nitrogens with zero attached hydrogens (tertiary/aromatic N) is 2. The Balaban J connectivity index is 1.68. The molecule has 1 atom stereocenters. The maximum atomic E-state index is 12.7. The van der Waals surface area contributed by atoms with Gasteiger partial charge in [0.05, 0.1) is 0 Å². The molecule has 0 bridgehead atoms. The Morgan fingerprint density at radius 2 is 1.96 bits per heavy atom. The zero-order valence-electron chi connectivity index (χ0n) is 13.9. The van der Waals surface area contributed by atoms with E-state index in [4.69, 9.17) is 5.73 Å². The van der Waals surface area contributed by atoms with Crippen molar-refractivity contribution in [1.29, 1.82) is 0 Å². The normalized spacial score (nSPS) is 24.2. The fourth-order valence-electron chi connectivity index (χ4n) is 3.44. The molecule has 0 radical (unpaired) electrons. The van der Waals surface area contributed by atoms with Gasteiger partial charge in [-0.3, -0.25) is 19.4 Å². The SMILES string of the molecule is CC(C)N1C(=O)NC2(CCN(Cc3ccc(C(N)=O)cc3)C2)C1=O. The molecule has 2 heterocycles. The number of carbonyl (C=O) groups excluding carboxylic acids is 3. The average Bonchev–Trinajstić information content (AvgIpc) is 3.01. The van der Waals surface area contributed by atoms with Gasteiger partial charge in [-0.15, -0.1) is 0 Å². The molecule has 128 valence electrons. The highest BCUT2D eigenvalue weighted by atomic mass is 16.2. The smallest absolute Gasteiger partial charge is 0.325 e. The lowest BCUT2D eigenvalue weighted by Crippen LogP contribution is -2.49. The van der Waals surface area contributed by atoms with E-state index in [1.54, 1.807) is 12.1 Å². The van der Waals surface area contributed by atoms with Crippen molar-refractivity contribution in [2.24, 2.45) is 5.73 Å². The van der Waals surface area contributed by atoms with Crippen LogP contribution in [0.1, 0.15) is 36.2 Å². The van der Waals surface area contributed by atoms with Crippen molar-refractivity contribution >= 4 is 17.8 Å². The zero-order chi connectivity index (χ0) is 17.5. The molecule has 2 saturated heterocycles. The van der Waals surface area contributed by atoms with E-state index in [1.165, 1.54) is 4.90 Å². The maximum absolute atomic E-state index is 12.7. The molecule has 0 saturated carbocycles. The monoisotopic (exact) mass is 330 g/mol. The first-order valence-corrected chi connectivity index (χ1v) is 8.09. The molecule has 2 aliphatic heterocycles. The third-order valence-corrected chi connectivity index (χ3v) is 4.70. The van der Waals surface area contributed by atoms with Crippen LogP contribution in [0.25, 0.3) is 0 Å². The Morgan fingerprint density at radius 3 is 2.50 bits per heavy atom. The Hall–Kier alpha value is -2.41. The summed E-state index contributed by atoms with van der Waals surface area (Å²) in [6.07, 6.45) is 0.611. The summed E-state index contributed by atoms with van der Waals surface area (Å²) >= 11 is 0. The minimum atomic E-state index is -0.797. The molecule has 3 N–H and O–H groups in total. The summed E-state index contributed by atoms with van der Waals surface area (Å²) in [5.41, 5.74) is 5.95. The van der Waals surface area contributed by atoms with Crippen LogP contribution in [0, 0.1) is 0 Å². The zero-order valence-corrected chi connectivity index (χ0v) is 13.9. The maximum Gasteiger partial charge on any atom is 0.325 e. The summed E-state index contributed by atoms with van der Waals surface area (Å²) in [4.78, 5) is 39.3. The number of carbonyl (C=O) groups is 3. The van der Waals surface area contributed by atoms with E-state index in [1.807, 2.05) is 26.0 Å². The second kappa shape index (κ2) is 5.90. The number of likely N-dealkylation sites (tertiary alicyclic amines) is 1. The van der Waals surface area contributed by atoms with Crippen molar-refractivity contribution in [2.45, 2.75) is 38.4 Å². The molecule has 0 aliphatic carbocycles. The van der Waals surface area contributed by atoms with Crippen LogP contribution in [-0.2, 0) is 11.3 Å². The number of nitrogens with two attached hydrogens (primary N) is 1. The van der Waals surface area contributed by atoms with Crippen LogP contribution >= 0.6 is 0 Å². The van der Waals surface area contributed by atoms with Gasteiger partial charge in [0.25, 0.3) is 5.91 Å². The third-order valence-electron chi connectivity index (χ3n) is 4.70. The van der Waals surface area contributed by atoms with Gasteiger partial charge in [0.2, 0.25) is 5.91 Å². The van der Waals surface area contributed by atoms with Crippen LogP contribution in [0.4, 0.5) is 4.79 Å². The van der Waals surface area contributed by atoms with Gasteiger partial charge < -0.3 is 11.1 Å².